The third kappa shape index (κ3) is 8.97. The molecule has 0 spiro atoms. The van der Waals surface area contributed by atoms with E-state index in [-0.39, 0.29) is 0 Å². The van der Waals surface area contributed by atoms with Crippen LogP contribution in [0, 0.1) is 0 Å². The fraction of sp³-hybridized carbons (Fsp3) is 0.929. The first-order chi connectivity index (χ1) is 9.17. The molecule has 19 heavy (non-hydrogen) atoms. The summed E-state index contributed by atoms with van der Waals surface area (Å²) < 4.78 is 0. The predicted octanol–water partition coefficient (Wildman–Crippen LogP) is 1.41. The Morgan fingerprint density at radius 3 is 2.05 bits per heavy atom. The minimum atomic E-state index is -0.754. The van der Waals surface area contributed by atoms with E-state index in [1.165, 1.54) is 25.7 Å². The topological polar surface area (TPSA) is 92.6 Å². The van der Waals surface area contributed by atoms with E-state index in [0.29, 0.717) is 32.6 Å². The first-order valence-corrected chi connectivity index (χ1v) is 7.54. The van der Waals surface area contributed by atoms with E-state index < -0.39 is 12.0 Å². The fourth-order valence-electron chi connectivity index (χ4n) is 2.34. The van der Waals surface area contributed by atoms with Gasteiger partial charge in [0.15, 0.2) is 0 Å². The molecule has 0 aromatic heterocycles. The lowest BCUT2D eigenvalue weighted by atomic mass is 10.0. The van der Waals surface area contributed by atoms with E-state index in [9.17, 15) is 9.90 Å². The highest BCUT2D eigenvalue weighted by Gasteiger charge is 2.23. The quantitative estimate of drug-likeness (QED) is 0.441. The SMILES string of the molecule is CCCCCCCCC(C(=O)O)N(CCN)CCN. The number of nitrogens with zero attached hydrogens (tertiary/aromatic N) is 1. The van der Waals surface area contributed by atoms with E-state index >= 15 is 0 Å². The smallest absolute Gasteiger partial charge is 0.320 e. The molecule has 0 rings (SSSR count). The van der Waals surface area contributed by atoms with Gasteiger partial charge in [0.05, 0.1) is 0 Å². The lowest BCUT2D eigenvalue weighted by molar-refractivity contribution is -0.143. The number of nitrogens with two attached hydrogens (primary N) is 2. The van der Waals surface area contributed by atoms with Crippen LogP contribution in [0.1, 0.15) is 51.9 Å². The van der Waals surface area contributed by atoms with Gasteiger partial charge in [-0.2, -0.15) is 0 Å². The van der Waals surface area contributed by atoms with Crippen LogP contribution in [0.2, 0.25) is 0 Å². The fourth-order valence-corrected chi connectivity index (χ4v) is 2.34. The van der Waals surface area contributed by atoms with E-state index in [0.717, 1.165) is 12.8 Å². The van der Waals surface area contributed by atoms with Gasteiger partial charge in [0.25, 0.3) is 0 Å². The Morgan fingerprint density at radius 2 is 1.58 bits per heavy atom. The summed E-state index contributed by atoms with van der Waals surface area (Å²) in [5, 5.41) is 9.31. The van der Waals surface area contributed by atoms with Gasteiger partial charge in [-0.25, -0.2) is 0 Å². The summed E-state index contributed by atoms with van der Waals surface area (Å²) in [5.41, 5.74) is 11.1. The summed E-state index contributed by atoms with van der Waals surface area (Å²) in [4.78, 5) is 13.2. The molecule has 0 saturated carbocycles. The number of hydrogen-bond donors (Lipinski definition) is 3. The summed E-state index contributed by atoms with van der Waals surface area (Å²) in [6.07, 6.45) is 7.74. The number of rotatable bonds is 13. The minimum absolute atomic E-state index is 0.432. The maximum Gasteiger partial charge on any atom is 0.320 e. The normalized spacial score (nSPS) is 12.8. The number of unbranched alkanes of at least 4 members (excludes halogenated alkanes) is 5. The van der Waals surface area contributed by atoms with E-state index in [4.69, 9.17) is 11.5 Å². The largest absolute Gasteiger partial charge is 0.480 e. The predicted molar refractivity (Wildman–Crippen MR) is 79.1 cm³/mol. The lowest BCUT2D eigenvalue weighted by Gasteiger charge is -2.27. The molecule has 0 aliphatic rings. The van der Waals surface area contributed by atoms with Crippen LogP contribution in [0.5, 0.6) is 0 Å². The number of carboxylic acid groups (broad SMARTS) is 1. The van der Waals surface area contributed by atoms with Crippen molar-refractivity contribution in [3.63, 3.8) is 0 Å². The Morgan fingerprint density at radius 1 is 1.05 bits per heavy atom. The van der Waals surface area contributed by atoms with Crippen LogP contribution in [-0.2, 0) is 4.79 Å². The maximum absolute atomic E-state index is 11.3. The van der Waals surface area contributed by atoms with Gasteiger partial charge in [-0.15, -0.1) is 0 Å². The van der Waals surface area contributed by atoms with E-state index in [1.807, 2.05) is 4.90 Å². The number of carbonyl (C=O) groups is 1. The van der Waals surface area contributed by atoms with Crippen LogP contribution in [-0.4, -0.2) is 48.2 Å². The molecule has 1 unspecified atom stereocenters. The summed E-state index contributed by atoms with van der Waals surface area (Å²) in [6.45, 7) is 4.34. The average Bonchev–Trinajstić information content (AvgIpc) is 2.37. The monoisotopic (exact) mass is 273 g/mol. The van der Waals surface area contributed by atoms with Crippen molar-refractivity contribution in [2.24, 2.45) is 11.5 Å². The second-order valence-electron chi connectivity index (χ2n) is 5.02. The second kappa shape index (κ2) is 12.4. The maximum atomic E-state index is 11.3. The molecule has 0 heterocycles. The van der Waals surface area contributed by atoms with Crippen molar-refractivity contribution in [3.05, 3.63) is 0 Å². The number of aliphatic carboxylic acids is 1. The Balaban J connectivity index is 4.05. The van der Waals surface area contributed by atoms with Crippen molar-refractivity contribution >= 4 is 5.97 Å². The molecule has 5 heteroatoms. The third-order valence-corrected chi connectivity index (χ3v) is 3.39. The van der Waals surface area contributed by atoms with Crippen LogP contribution in [0.3, 0.4) is 0 Å². The lowest BCUT2D eigenvalue weighted by Crippen LogP contribution is -2.46. The van der Waals surface area contributed by atoms with Crippen molar-refractivity contribution in [2.75, 3.05) is 26.2 Å². The van der Waals surface area contributed by atoms with E-state index in [1.54, 1.807) is 0 Å². The zero-order valence-electron chi connectivity index (χ0n) is 12.3. The number of hydrogen-bond acceptors (Lipinski definition) is 4. The average molecular weight is 273 g/mol. The van der Waals surface area contributed by atoms with E-state index in [2.05, 4.69) is 6.92 Å². The zero-order valence-corrected chi connectivity index (χ0v) is 12.3. The zero-order chi connectivity index (χ0) is 14.5. The molecule has 0 fully saturated rings. The molecule has 5 nitrogen and oxygen atoms in total. The Hall–Kier alpha value is -0.650. The summed E-state index contributed by atoms with van der Waals surface area (Å²) >= 11 is 0. The highest BCUT2D eigenvalue weighted by atomic mass is 16.4. The van der Waals surface area contributed by atoms with Crippen molar-refractivity contribution in [1.82, 2.24) is 4.90 Å². The Bertz CT molecular complexity index is 219. The van der Waals surface area contributed by atoms with Crippen LogP contribution >= 0.6 is 0 Å². The summed E-state index contributed by atoms with van der Waals surface area (Å²) in [5.74, 6) is -0.754. The molecule has 0 amide bonds. The molecule has 0 aromatic carbocycles. The first-order valence-electron chi connectivity index (χ1n) is 7.54. The highest BCUT2D eigenvalue weighted by Crippen LogP contribution is 2.12. The van der Waals surface area contributed by atoms with Gasteiger partial charge in [-0.3, -0.25) is 9.69 Å². The molecule has 0 aliphatic carbocycles. The van der Waals surface area contributed by atoms with Crippen molar-refractivity contribution in [2.45, 2.75) is 57.9 Å². The van der Waals surface area contributed by atoms with Gasteiger partial charge in [-0.1, -0.05) is 45.4 Å². The first kappa shape index (κ1) is 18.4. The molecule has 0 aromatic rings. The molecule has 1 atom stereocenters. The number of carboxylic acids is 1. The highest BCUT2D eigenvalue weighted by molar-refractivity contribution is 5.73. The molecular weight excluding hydrogens is 242 g/mol. The van der Waals surface area contributed by atoms with Crippen molar-refractivity contribution in [1.29, 1.82) is 0 Å². The van der Waals surface area contributed by atoms with Crippen LogP contribution < -0.4 is 11.5 Å². The van der Waals surface area contributed by atoms with Gasteiger partial charge in [0.1, 0.15) is 6.04 Å². The Labute approximate surface area is 117 Å². The second-order valence-corrected chi connectivity index (χ2v) is 5.02. The van der Waals surface area contributed by atoms with Crippen LogP contribution in [0.15, 0.2) is 0 Å². The molecular formula is C14H31N3O2. The molecule has 114 valence electrons. The standard InChI is InChI=1S/C14H31N3O2/c1-2-3-4-5-6-7-8-13(14(18)19)17(11-9-15)12-10-16/h13H,2-12,15-16H2,1H3,(H,18,19). The molecule has 0 aliphatic heterocycles. The molecule has 0 bridgehead atoms. The summed E-state index contributed by atoms with van der Waals surface area (Å²) in [6, 6.07) is -0.432. The third-order valence-electron chi connectivity index (χ3n) is 3.39. The van der Waals surface area contributed by atoms with Gasteiger partial charge in [0.2, 0.25) is 0 Å². The molecule has 5 N–H and O–H groups in total. The van der Waals surface area contributed by atoms with Crippen molar-refractivity contribution < 1.29 is 9.90 Å². The molecule has 0 saturated heterocycles. The Kier molecular flexibility index (Phi) is 12.0. The van der Waals surface area contributed by atoms with Gasteiger partial charge in [0, 0.05) is 26.2 Å². The molecule has 0 radical (unpaired) electrons. The van der Waals surface area contributed by atoms with Gasteiger partial charge >= 0.3 is 5.97 Å². The summed E-state index contributed by atoms with van der Waals surface area (Å²) in [7, 11) is 0. The minimum Gasteiger partial charge on any atom is -0.480 e. The van der Waals surface area contributed by atoms with Crippen LogP contribution in [0.4, 0.5) is 0 Å². The van der Waals surface area contributed by atoms with Crippen molar-refractivity contribution in [3.8, 4) is 0 Å². The van der Waals surface area contributed by atoms with Gasteiger partial charge in [-0.05, 0) is 6.42 Å². The van der Waals surface area contributed by atoms with Gasteiger partial charge < -0.3 is 16.6 Å². The van der Waals surface area contributed by atoms with Crippen LogP contribution in [0.25, 0.3) is 0 Å².